The number of aromatic amines is 1. The van der Waals surface area contributed by atoms with Crippen molar-refractivity contribution in [2.75, 3.05) is 0 Å². The quantitative estimate of drug-likeness (QED) is 0.433. The van der Waals surface area contributed by atoms with Crippen LogP contribution in [0, 0.1) is 0 Å². The summed E-state index contributed by atoms with van der Waals surface area (Å²) < 4.78 is 1.92. The zero-order chi connectivity index (χ0) is 21.8. The molecule has 0 bridgehead atoms. The van der Waals surface area contributed by atoms with Crippen molar-refractivity contribution in [3.8, 4) is 5.69 Å². The number of hydrogen-bond acceptors (Lipinski definition) is 3. The van der Waals surface area contributed by atoms with Crippen molar-refractivity contribution in [3.05, 3.63) is 84.6 Å². The topological polar surface area (TPSA) is 91.8 Å². The first kappa shape index (κ1) is 20.4. The molecular formula is C24H25N5O2. The number of hydrogen-bond donors (Lipinski definition) is 3. The second-order valence-corrected chi connectivity index (χ2v) is 7.61. The van der Waals surface area contributed by atoms with Crippen LogP contribution >= 0.6 is 0 Å². The van der Waals surface area contributed by atoms with Gasteiger partial charge in [-0.3, -0.25) is 9.59 Å². The molecule has 4 rings (SSSR count). The van der Waals surface area contributed by atoms with Gasteiger partial charge in [-0.1, -0.05) is 30.3 Å². The van der Waals surface area contributed by atoms with Gasteiger partial charge >= 0.3 is 0 Å². The van der Waals surface area contributed by atoms with E-state index in [2.05, 4.69) is 20.6 Å². The summed E-state index contributed by atoms with van der Waals surface area (Å²) in [4.78, 5) is 32.1. The second-order valence-electron chi connectivity index (χ2n) is 7.61. The number of benzene rings is 2. The van der Waals surface area contributed by atoms with Gasteiger partial charge in [0.05, 0.1) is 12.4 Å². The molecule has 7 heteroatoms. The molecule has 2 unspecified atom stereocenters. The summed E-state index contributed by atoms with van der Waals surface area (Å²) >= 11 is 0. The molecule has 2 atom stereocenters. The van der Waals surface area contributed by atoms with E-state index >= 15 is 0 Å². The summed E-state index contributed by atoms with van der Waals surface area (Å²) in [5.41, 5.74) is 3.97. The zero-order valence-electron chi connectivity index (χ0n) is 17.5. The smallest absolute Gasteiger partial charge is 0.243 e. The molecule has 0 aliphatic carbocycles. The number of nitrogens with zero attached hydrogens (tertiary/aromatic N) is 2. The Morgan fingerprint density at radius 2 is 1.87 bits per heavy atom. The Morgan fingerprint density at radius 1 is 1.10 bits per heavy atom. The molecule has 0 saturated carbocycles. The van der Waals surface area contributed by atoms with Gasteiger partial charge in [-0.25, -0.2) is 4.98 Å². The number of H-pyrrole nitrogens is 1. The fraction of sp³-hybridized carbons (Fsp3) is 0.208. The van der Waals surface area contributed by atoms with Crippen molar-refractivity contribution in [1.29, 1.82) is 0 Å². The van der Waals surface area contributed by atoms with Gasteiger partial charge in [-0.2, -0.15) is 0 Å². The predicted molar refractivity (Wildman–Crippen MR) is 120 cm³/mol. The lowest BCUT2D eigenvalue weighted by Crippen LogP contribution is -2.47. The molecule has 2 aromatic carbocycles. The van der Waals surface area contributed by atoms with E-state index in [1.165, 1.54) is 6.92 Å². The molecule has 2 amide bonds. The molecule has 4 aromatic rings. The van der Waals surface area contributed by atoms with Crippen LogP contribution < -0.4 is 10.6 Å². The standard InChI is InChI=1S/C24H25N5O2/c1-16(18-7-9-20(10-8-18)29-12-11-25-15-29)27-24(31)23(28-17(2)30)13-19-14-26-22-6-4-3-5-21(19)22/h3-12,14-16,23,26H,13H2,1-2H3,(H,27,31)(H,28,30). The molecule has 0 aliphatic heterocycles. The summed E-state index contributed by atoms with van der Waals surface area (Å²) in [6, 6.07) is 15.0. The fourth-order valence-electron chi connectivity index (χ4n) is 3.72. The lowest BCUT2D eigenvalue weighted by molar-refractivity contribution is -0.128. The number of aromatic nitrogens is 3. The van der Waals surface area contributed by atoms with Crippen molar-refractivity contribution >= 4 is 22.7 Å². The lowest BCUT2D eigenvalue weighted by atomic mass is 10.0. The van der Waals surface area contributed by atoms with E-state index in [4.69, 9.17) is 0 Å². The second kappa shape index (κ2) is 8.87. The molecule has 0 saturated heterocycles. The van der Waals surface area contributed by atoms with Crippen LogP contribution in [0.15, 0.2) is 73.4 Å². The third kappa shape index (κ3) is 4.66. The summed E-state index contributed by atoms with van der Waals surface area (Å²) in [6.07, 6.45) is 7.64. The average Bonchev–Trinajstić information content (AvgIpc) is 3.44. The van der Waals surface area contributed by atoms with E-state index in [9.17, 15) is 9.59 Å². The number of rotatable bonds is 7. The minimum Gasteiger partial charge on any atom is -0.361 e. The summed E-state index contributed by atoms with van der Waals surface area (Å²) in [6.45, 7) is 3.36. The highest BCUT2D eigenvalue weighted by Gasteiger charge is 2.23. The average molecular weight is 415 g/mol. The molecule has 7 nitrogen and oxygen atoms in total. The van der Waals surface area contributed by atoms with Crippen LogP contribution in [0.25, 0.3) is 16.6 Å². The Labute approximate surface area is 180 Å². The largest absolute Gasteiger partial charge is 0.361 e. The first-order chi connectivity index (χ1) is 15.0. The minimum absolute atomic E-state index is 0.205. The van der Waals surface area contributed by atoms with E-state index in [-0.39, 0.29) is 17.9 Å². The van der Waals surface area contributed by atoms with Crippen LogP contribution in [0.1, 0.15) is 31.0 Å². The number of amides is 2. The van der Waals surface area contributed by atoms with E-state index in [1.54, 1.807) is 12.5 Å². The molecule has 3 N–H and O–H groups in total. The maximum atomic E-state index is 13.0. The summed E-state index contributed by atoms with van der Waals surface area (Å²) in [7, 11) is 0. The van der Waals surface area contributed by atoms with E-state index in [0.29, 0.717) is 6.42 Å². The maximum Gasteiger partial charge on any atom is 0.243 e. The summed E-state index contributed by atoms with van der Waals surface area (Å²) in [5, 5.41) is 6.88. The highest BCUT2D eigenvalue weighted by atomic mass is 16.2. The SMILES string of the molecule is CC(=O)NC(Cc1c[nH]c2ccccc12)C(=O)NC(C)c1ccc(-n2ccnc2)cc1. The van der Waals surface area contributed by atoms with Gasteiger partial charge in [0.2, 0.25) is 11.8 Å². The maximum absolute atomic E-state index is 13.0. The van der Waals surface area contributed by atoms with Gasteiger partial charge in [0.1, 0.15) is 6.04 Å². The fourth-order valence-corrected chi connectivity index (χ4v) is 3.72. The van der Waals surface area contributed by atoms with Gasteiger partial charge in [-0.15, -0.1) is 0 Å². The van der Waals surface area contributed by atoms with Crippen LogP contribution in [0.2, 0.25) is 0 Å². The molecule has 2 aromatic heterocycles. The molecule has 2 heterocycles. The van der Waals surface area contributed by atoms with Crippen LogP contribution in [-0.4, -0.2) is 32.4 Å². The molecular weight excluding hydrogens is 390 g/mol. The van der Waals surface area contributed by atoms with E-state index in [0.717, 1.165) is 27.7 Å². The van der Waals surface area contributed by atoms with E-state index < -0.39 is 6.04 Å². The molecule has 0 spiro atoms. The van der Waals surface area contributed by atoms with Crippen LogP contribution in [-0.2, 0) is 16.0 Å². The predicted octanol–water partition coefficient (Wildman–Crippen LogP) is 3.28. The molecule has 158 valence electrons. The van der Waals surface area contributed by atoms with Crippen LogP contribution in [0.4, 0.5) is 0 Å². The highest BCUT2D eigenvalue weighted by molar-refractivity contribution is 5.89. The molecule has 0 radical (unpaired) electrons. The molecule has 0 aliphatic rings. The Bertz CT molecular complexity index is 1180. The summed E-state index contributed by atoms with van der Waals surface area (Å²) in [5.74, 6) is -0.455. The molecule has 31 heavy (non-hydrogen) atoms. The Kier molecular flexibility index (Phi) is 5.84. The number of nitrogens with one attached hydrogen (secondary N) is 3. The first-order valence-corrected chi connectivity index (χ1v) is 10.2. The monoisotopic (exact) mass is 415 g/mol. The Morgan fingerprint density at radius 3 is 2.58 bits per heavy atom. The number of para-hydroxylation sites is 1. The van der Waals surface area contributed by atoms with Crippen LogP contribution in [0.3, 0.4) is 0 Å². The third-order valence-electron chi connectivity index (χ3n) is 5.35. The van der Waals surface area contributed by atoms with Crippen molar-refractivity contribution in [2.24, 2.45) is 0 Å². The number of imidazole rings is 1. The van der Waals surface area contributed by atoms with Crippen molar-refractivity contribution in [3.63, 3.8) is 0 Å². The third-order valence-corrected chi connectivity index (χ3v) is 5.35. The van der Waals surface area contributed by atoms with Crippen molar-refractivity contribution in [2.45, 2.75) is 32.4 Å². The lowest BCUT2D eigenvalue weighted by Gasteiger charge is -2.21. The molecule has 0 fully saturated rings. The van der Waals surface area contributed by atoms with Gasteiger partial charge < -0.3 is 20.2 Å². The van der Waals surface area contributed by atoms with E-state index in [1.807, 2.05) is 72.4 Å². The van der Waals surface area contributed by atoms with Gasteiger partial charge in [-0.05, 0) is 36.2 Å². The Balaban J connectivity index is 1.47. The van der Waals surface area contributed by atoms with Gasteiger partial charge in [0, 0.05) is 48.5 Å². The normalized spacial score (nSPS) is 13.0. The minimum atomic E-state index is -0.663. The van der Waals surface area contributed by atoms with Crippen LogP contribution in [0.5, 0.6) is 0 Å². The zero-order valence-corrected chi connectivity index (χ0v) is 17.5. The van der Waals surface area contributed by atoms with Gasteiger partial charge in [0.25, 0.3) is 0 Å². The first-order valence-electron chi connectivity index (χ1n) is 10.2. The highest BCUT2D eigenvalue weighted by Crippen LogP contribution is 2.20. The number of fused-ring (bicyclic) bond motifs is 1. The Hall–Kier alpha value is -3.87. The van der Waals surface area contributed by atoms with Gasteiger partial charge in [0.15, 0.2) is 0 Å². The number of carbonyl (C=O) groups is 2. The van der Waals surface area contributed by atoms with Crippen molar-refractivity contribution < 1.29 is 9.59 Å². The number of carbonyl (C=O) groups excluding carboxylic acids is 2. The van der Waals surface area contributed by atoms with Crippen molar-refractivity contribution in [1.82, 2.24) is 25.2 Å².